The van der Waals surface area contributed by atoms with E-state index in [1.54, 1.807) is 25.1 Å². The van der Waals surface area contributed by atoms with Crippen LogP contribution in [-0.2, 0) is 21.9 Å². The number of nitrogens with zero attached hydrogens (tertiary/aromatic N) is 1. The van der Waals surface area contributed by atoms with E-state index >= 15 is 0 Å². The molecule has 2 aromatic rings. The topological polar surface area (TPSA) is 78.7 Å². The first-order chi connectivity index (χ1) is 13.5. The summed E-state index contributed by atoms with van der Waals surface area (Å²) in [5, 5.41) is 11.0. The van der Waals surface area contributed by atoms with E-state index in [4.69, 9.17) is 9.47 Å². The van der Waals surface area contributed by atoms with Gasteiger partial charge in [-0.1, -0.05) is 12.1 Å². The van der Waals surface area contributed by atoms with Gasteiger partial charge in [0, 0.05) is 30.4 Å². The molecule has 0 spiro atoms. The molecule has 2 aromatic carbocycles. The summed E-state index contributed by atoms with van der Waals surface area (Å²) < 4.78 is 48.1. The van der Waals surface area contributed by atoms with Gasteiger partial charge in [-0.3, -0.25) is 14.9 Å². The molecular weight excluding hydrogens is 411 g/mol. The summed E-state index contributed by atoms with van der Waals surface area (Å²) in [7, 11) is 0. The molecule has 0 aromatic heterocycles. The van der Waals surface area contributed by atoms with Gasteiger partial charge in [-0.25, -0.2) is 0 Å². The van der Waals surface area contributed by atoms with Crippen LogP contribution in [0.15, 0.2) is 36.4 Å². The Morgan fingerprint density at radius 2 is 1.90 bits per heavy atom. The molecule has 0 radical (unpaired) electrons. The predicted molar refractivity (Wildman–Crippen MR) is 102 cm³/mol. The van der Waals surface area contributed by atoms with Crippen molar-refractivity contribution in [3.8, 4) is 11.5 Å². The number of halogens is 3. The van der Waals surface area contributed by atoms with E-state index in [9.17, 15) is 28.1 Å². The molecule has 0 aliphatic heterocycles. The highest BCUT2D eigenvalue weighted by atomic mass is 32.2. The average Bonchev–Trinajstić information content (AvgIpc) is 2.62. The molecule has 0 saturated carbocycles. The van der Waals surface area contributed by atoms with Crippen LogP contribution in [0, 0.1) is 17.0 Å². The fourth-order valence-corrected chi connectivity index (χ4v) is 3.10. The van der Waals surface area contributed by atoms with Crippen molar-refractivity contribution in [2.24, 2.45) is 0 Å². The third kappa shape index (κ3) is 7.30. The molecule has 0 aliphatic rings. The first-order valence-corrected chi connectivity index (χ1v) is 9.53. The van der Waals surface area contributed by atoms with E-state index in [1.165, 1.54) is 25.1 Å². The van der Waals surface area contributed by atoms with Gasteiger partial charge in [0.25, 0.3) is 5.69 Å². The quantitative estimate of drug-likeness (QED) is 0.311. The molecule has 0 saturated heterocycles. The zero-order valence-corrected chi connectivity index (χ0v) is 16.4. The largest absolute Gasteiger partial charge is 0.461 e. The summed E-state index contributed by atoms with van der Waals surface area (Å²) in [5.74, 6) is -0.995. The average molecular weight is 429 g/mol. The van der Waals surface area contributed by atoms with Crippen molar-refractivity contribution in [1.82, 2.24) is 0 Å². The van der Waals surface area contributed by atoms with Crippen LogP contribution in [0.3, 0.4) is 0 Å². The van der Waals surface area contributed by atoms with E-state index in [0.717, 1.165) is 5.56 Å². The van der Waals surface area contributed by atoms with Gasteiger partial charge in [0.05, 0.1) is 10.7 Å². The van der Waals surface area contributed by atoms with Gasteiger partial charge in [0.2, 0.25) is 0 Å². The third-order valence-corrected chi connectivity index (χ3v) is 4.74. The second kappa shape index (κ2) is 9.64. The molecule has 156 valence electrons. The van der Waals surface area contributed by atoms with Gasteiger partial charge in [0.15, 0.2) is 0 Å². The number of nitro benzene ring substituents is 1. The van der Waals surface area contributed by atoms with E-state index < -0.39 is 22.8 Å². The Morgan fingerprint density at radius 3 is 2.52 bits per heavy atom. The van der Waals surface area contributed by atoms with Gasteiger partial charge in [-0.15, -0.1) is 11.8 Å². The van der Waals surface area contributed by atoms with Crippen molar-refractivity contribution in [2.75, 3.05) is 5.75 Å². The minimum Gasteiger partial charge on any atom is -0.461 e. The van der Waals surface area contributed by atoms with Crippen molar-refractivity contribution in [3.63, 3.8) is 0 Å². The number of hydrogen-bond donors (Lipinski definition) is 0. The van der Waals surface area contributed by atoms with Crippen LogP contribution < -0.4 is 4.74 Å². The number of rotatable bonds is 8. The summed E-state index contributed by atoms with van der Waals surface area (Å²) in [5.41, 5.74) is 1.44. The minimum atomic E-state index is -4.34. The Morgan fingerprint density at radius 1 is 1.17 bits per heavy atom. The molecule has 0 bridgehead atoms. The molecule has 0 fully saturated rings. The van der Waals surface area contributed by atoms with E-state index in [1.807, 2.05) is 0 Å². The van der Waals surface area contributed by atoms with Crippen LogP contribution >= 0.6 is 11.8 Å². The number of carbonyl (C=O) groups is 1. The number of thioether (sulfide) groups is 1. The summed E-state index contributed by atoms with van der Waals surface area (Å²) in [4.78, 5) is 21.4. The number of benzene rings is 2. The Hall–Kier alpha value is -2.75. The Kier molecular flexibility index (Phi) is 7.49. The standard InChI is InChI=1S/C19H18F3NO5S/c1-12-3-4-14(9-27-13(2)24)7-18(12)28-17-6-5-16(23(25)26)8-15(17)10-29-11-19(20,21)22/h3-8H,9-11H2,1-2H3. The molecule has 0 unspecified atom stereocenters. The maximum absolute atomic E-state index is 12.4. The monoisotopic (exact) mass is 429 g/mol. The Labute approximate surface area is 169 Å². The maximum atomic E-state index is 12.4. The molecule has 0 N–H and O–H groups in total. The third-order valence-electron chi connectivity index (χ3n) is 3.69. The van der Waals surface area contributed by atoms with Crippen molar-refractivity contribution < 1.29 is 32.4 Å². The van der Waals surface area contributed by atoms with Crippen LogP contribution in [0.5, 0.6) is 11.5 Å². The minimum absolute atomic E-state index is 0.0422. The molecule has 0 heterocycles. The molecule has 10 heteroatoms. The molecule has 0 atom stereocenters. The summed E-state index contributed by atoms with van der Waals surface area (Å²) in [6, 6.07) is 8.94. The lowest BCUT2D eigenvalue weighted by atomic mass is 10.1. The zero-order valence-electron chi connectivity index (χ0n) is 15.6. The number of carbonyl (C=O) groups excluding carboxylic acids is 1. The van der Waals surface area contributed by atoms with Gasteiger partial charge in [0.1, 0.15) is 18.1 Å². The smallest absolute Gasteiger partial charge is 0.397 e. The van der Waals surface area contributed by atoms with Crippen LogP contribution in [-0.4, -0.2) is 22.8 Å². The Bertz CT molecular complexity index is 902. The number of nitro groups is 1. The summed E-state index contributed by atoms with van der Waals surface area (Å²) in [6.45, 7) is 3.10. The molecule has 2 rings (SSSR count). The lowest BCUT2D eigenvalue weighted by Crippen LogP contribution is -2.11. The summed E-state index contributed by atoms with van der Waals surface area (Å²) >= 11 is 0.592. The van der Waals surface area contributed by atoms with E-state index in [-0.39, 0.29) is 29.4 Å². The molecule has 0 amide bonds. The summed E-state index contributed by atoms with van der Waals surface area (Å²) in [6.07, 6.45) is -4.34. The number of alkyl halides is 3. The van der Waals surface area contributed by atoms with Crippen molar-refractivity contribution in [1.29, 1.82) is 0 Å². The van der Waals surface area contributed by atoms with Crippen molar-refractivity contribution in [2.45, 2.75) is 32.4 Å². The molecule has 29 heavy (non-hydrogen) atoms. The highest BCUT2D eigenvalue weighted by Crippen LogP contribution is 2.34. The second-order valence-corrected chi connectivity index (χ2v) is 7.12. The fourth-order valence-electron chi connectivity index (χ4n) is 2.32. The molecular formula is C19H18F3NO5S. The van der Waals surface area contributed by atoms with Gasteiger partial charge < -0.3 is 9.47 Å². The number of esters is 1. The van der Waals surface area contributed by atoms with Crippen molar-refractivity contribution in [3.05, 3.63) is 63.2 Å². The van der Waals surface area contributed by atoms with Crippen molar-refractivity contribution >= 4 is 23.4 Å². The van der Waals surface area contributed by atoms with Gasteiger partial charge in [-0.2, -0.15) is 13.2 Å². The first kappa shape index (κ1) is 22.5. The zero-order chi connectivity index (χ0) is 21.6. The van der Waals surface area contributed by atoms with Crippen LogP contribution in [0.25, 0.3) is 0 Å². The van der Waals surface area contributed by atoms with Crippen LogP contribution in [0.4, 0.5) is 18.9 Å². The highest BCUT2D eigenvalue weighted by molar-refractivity contribution is 7.98. The van der Waals surface area contributed by atoms with Gasteiger partial charge >= 0.3 is 12.1 Å². The molecule has 6 nitrogen and oxygen atoms in total. The number of aryl methyl sites for hydroxylation is 1. The lowest BCUT2D eigenvalue weighted by Gasteiger charge is -2.14. The number of ether oxygens (including phenoxy) is 2. The number of non-ortho nitro benzene ring substituents is 1. The fraction of sp³-hybridized carbons (Fsp3) is 0.316. The second-order valence-electron chi connectivity index (χ2n) is 6.14. The molecule has 0 aliphatic carbocycles. The maximum Gasteiger partial charge on any atom is 0.397 e. The number of hydrogen-bond acceptors (Lipinski definition) is 6. The Balaban J connectivity index is 2.27. The predicted octanol–water partition coefficient (Wildman–Crippen LogP) is 5.55. The van der Waals surface area contributed by atoms with E-state index in [2.05, 4.69) is 0 Å². The highest BCUT2D eigenvalue weighted by Gasteiger charge is 2.27. The van der Waals surface area contributed by atoms with Crippen LogP contribution in [0.2, 0.25) is 0 Å². The van der Waals surface area contributed by atoms with Gasteiger partial charge in [-0.05, 0) is 30.2 Å². The van der Waals surface area contributed by atoms with Crippen LogP contribution in [0.1, 0.15) is 23.6 Å². The SMILES string of the molecule is CC(=O)OCc1ccc(C)c(Oc2ccc([N+](=O)[O-])cc2CSCC(F)(F)F)c1. The van der Waals surface area contributed by atoms with E-state index in [0.29, 0.717) is 23.1 Å². The normalized spacial score (nSPS) is 11.2. The lowest BCUT2D eigenvalue weighted by molar-refractivity contribution is -0.384. The first-order valence-electron chi connectivity index (χ1n) is 8.37.